The number of Topliss-reactive ketones (excluding diaryl/α,β-unsaturated/α-hetero) is 1. The Morgan fingerprint density at radius 2 is 2.47 bits per heavy atom. The molecule has 1 heterocycles. The van der Waals surface area contributed by atoms with Crippen molar-refractivity contribution in [2.45, 2.75) is 26.0 Å². The Morgan fingerprint density at radius 1 is 1.73 bits per heavy atom. The quantitative estimate of drug-likeness (QED) is 0.680. The number of carbonyl (C=O) groups is 2. The van der Waals surface area contributed by atoms with Crippen molar-refractivity contribution >= 4 is 17.3 Å². The van der Waals surface area contributed by atoms with Crippen molar-refractivity contribution in [2.75, 3.05) is 0 Å². The Bertz CT molecular complexity index is 418. The van der Waals surface area contributed by atoms with Gasteiger partial charge in [-0.05, 0) is 5.57 Å². The van der Waals surface area contributed by atoms with Crippen LogP contribution >= 0.6 is 0 Å². The molecular weight excluding hydrogens is 194 g/mol. The maximum absolute atomic E-state index is 11.4. The van der Waals surface area contributed by atoms with Gasteiger partial charge in [-0.15, -0.1) is 0 Å². The van der Waals surface area contributed by atoms with Gasteiger partial charge in [-0.1, -0.05) is 13.5 Å². The van der Waals surface area contributed by atoms with Crippen molar-refractivity contribution in [1.29, 1.82) is 0 Å². The summed E-state index contributed by atoms with van der Waals surface area (Å²) in [6.07, 6.45) is 1.24. The number of rotatable bonds is 2. The number of aliphatic imine (C=N–C) groups is 1. The fourth-order valence-corrected chi connectivity index (χ4v) is 1.55. The maximum atomic E-state index is 11.4. The van der Waals surface area contributed by atoms with Crippen LogP contribution in [0.3, 0.4) is 0 Å². The molecule has 1 unspecified atom stereocenters. The van der Waals surface area contributed by atoms with E-state index in [2.05, 4.69) is 11.6 Å². The summed E-state index contributed by atoms with van der Waals surface area (Å²) < 4.78 is 5.29. The summed E-state index contributed by atoms with van der Waals surface area (Å²) in [6.45, 7) is 5.50. The van der Waals surface area contributed by atoms with E-state index in [1.165, 1.54) is 6.08 Å². The smallest absolute Gasteiger partial charge is 0.249 e. The summed E-state index contributed by atoms with van der Waals surface area (Å²) in [5.41, 5.74) is 1.20. The minimum absolute atomic E-state index is 0.0569. The SMILES string of the molecule is C=C1CC(=O)C=C2OC(C(=O)CC)N=C12. The standard InChI is InChI=1S/C11H11NO3/c1-3-8(14)11-12-10-6(2)4-7(13)5-9(10)15-11/h5,11H,2-4H2,1H3. The second kappa shape index (κ2) is 3.46. The van der Waals surface area contributed by atoms with E-state index in [-0.39, 0.29) is 18.0 Å². The fraction of sp³-hybridized carbons (Fsp3) is 0.364. The van der Waals surface area contributed by atoms with Gasteiger partial charge in [0.15, 0.2) is 17.3 Å². The number of hydrogen-bond acceptors (Lipinski definition) is 4. The largest absolute Gasteiger partial charge is 0.459 e. The van der Waals surface area contributed by atoms with Crippen LogP contribution in [0.5, 0.6) is 0 Å². The van der Waals surface area contributed by atoms with Gasteiger partial charge in [0.2, 0.25) is 6.23 Å². The summed E-state index contributed by atoms with van der Waals surface area (Å²) in [4.78, 5) is 26.7. The third kappa shape index (κ3) is 1.63. The molecule has 4 nitrogen and oxygen atoms in total. The summed E-state index contributed by atoms with van der Waals surface area (Å²) in [5.74, 6) is 0.250. The van der Waals surface area contributed by atoms with E-state index >= 15 is 0 Å². The molecule has 2 rings (SSSR count). The first-order chi connectivity index (χ1) is 7.11. The van der Waals surface area contributed by atoms with E-state index in [1.807, 2.05) is 0 Å². The molecule has 0 aromatic carbocycles. The molecule has 0 saturated heterocycles. The summed E-state index contributed by atoms with van der Waals surface area (Å²) >= 11 is 0. The Labute approximate surface area is 87.3 Å². The lowest BCUT2D eigenvalue weighted by Crippen LogP contribution is -2.17. The molecule has 2 aliphatic rings. The molecule has 4 heteroatoms. The zero-order chi connectivity index (χ0) is 11.0. The first kappa shape index (κ1) is 9.83. The highest BCUT2D eigenvalue weighted by Crippen LogP contribution is 2.26. The lowest BCUT2D eigenvalue weighted by atomic mass is 9.98. The maximum Gasteiger partial charge on any atom is 0.249 e. The van der Waals surface area contributed by atoms with Crippen LogP contribution in [0.4, 0.5) is 0 Å². The third-order valence-electron chi connectivity index (χ3n) is 2.36. The van der Waals surface area contributed by atoms with E-state index in [0.717, 1.165) is 0 Å². The van der Waals surface area contributed by atoms with Crippen molar-refractivity contribution in [2.24, 2.45) is 4.99 Å². The van der Waals surface area contributed by atoms with E-state index in [0.29, 0.717) is 23.5 Å². The number of fused-ring (bicyclic) bond motifs is 1. The van der Waals surface area contributed by atoms with Crippen LogP contribution in [0, 0.1) is 0 Å². The number of ether oxygens (including phenoxy) is 1. The zero-order valence-corrected chi connectivity index (χ0v) is 8.45. The molecule has 0 saturated carbocycles. The molecule has 1 aliphatic heterocycles. The van der Waals surface area contributed by atoms with Gasteiger partial charge in [0.05, 0.1) is 0 Å². The van der Waals surface area contributed by atoms with Crippen molar-refractivity contribution in [3.63, 3.8) is 0 Å². The second-order valence-electron chi connectivity index (χ2n) is 3.52. The van der Waals surface area contributed by atoms with Gasteiger partial charge in [0.1, 0.15) is 5.71 Å². The Balaban J connectivity index is 2.31. The minimum atomic E-state index is -0.779. The highest BCUT2D eigenvalue weighted by atomic mass is 16.5. The summed E-state index contributed by atoms with van der Waals surface area (Å²) in [6, 6.07) is 0. The van der Waals surface area contributed by atoms with E-state index in [4.69, 9.17) is 4.74 Å². The molecule has 0 aromatic rings. The van der Waals surface area contributed by atoms with Crippen LogP contribution in [0.2, 0.25) is 0 Å². The molecule has 0 spiro atoms. The monoisotopic (exact) mass is 205 g/mol. The lowest BCUT2D eigenvalue weighted by molar-refractivity contribution is -0.126. The van der Waals surface area contributed by atoms with E-state index < -0.39 is 6.23 Å². The zero-order valence-electron chi connectivity index (χ0n) is 8.45. The topological polar surface area (TPSA) is 55.7 Å². The Kier molecular flexibility index (Phi) is 2.26. The highest BCUT2D eigenvalue weighted by Gasteiger charge is 2.33. The van der Waals surface area contributed by atoms with Crippen molar-refractivity contribution in [3.05, 3.63) is 24.0 Å². The first-order valence-electron chi connectivity index (χ1n) is 4.82. The average Bonchev–Trinajstić information content (AvgIpc) is 2.60. The summed E-state index contributed by atoms with van der Waals surface area (Å²) in [7, 11) is 0. The van der Waals surface area contributed by atoms with E-state index in [1.54, 1.807) is 6.92 Å². The van der Waals surface area contributed by atoms with Crippen molar-refractivity contribution in [3.8, 4) is 0 Å². The van der Waals surface area contributed by atoms with Gasteiger partial charge < -0.3 is 4.74 Å². The Hall–Kier alpha value is -1.71. The lowest BCUT2D eigenvalue weighted by Gasteiger charge is -2.10. The number of allylic oxidation sites excluding steroid dienone is 2. The van der Waals surface area contributed by atoms with Gasteiger partial charge in [-0.3, -0.25) is 9.59 Å². The number of nitrogens with zero attached hydrogens (tertiary/aromatic N) is 1. The van der Waals surface area contributed by atoms with Crippen molar-refractivity contribution in [1.82, 2.24) is 0 Å². The third-order valence-corrected chi connectivity index (χ3v) is 2.36. The van der Waals surface area contributed by atoms with Gasteiger partial charge in [-0.2, -0.15) is 0 Å². The van der Waals surface area contributed by atoms with Gasteiger partial charge >= 0.3 is 0 Å². The molecule has 0 amide bonds. The van der Waals surface area contributed by atoms with Crippen molar-refractivity contribution < 1.29 is 14.3 Å². The number of ketones is 2. The van der Waals surface area contributed by atoms with Crippen LogP contribution < -0.4 is 0 Å². The molecule has 0 fully saturated rings. The molecule has 0 radical (unpaired) electrons. The second-order valence-corrected chi connectivity index (χ2v) is 3.52. The predicted octanol–water partition coefficient (Wildman–Crippen LogP) is 1.18. The van der Waals surface area contributed by atoms with Crippen LogP contribution in [-0.2, 0) is 14.3 Å². The van der Waals surface area contributed by atoms with Crippen LogP contribution in [-0.4, -0.2) is 23.5 Å². The summed E-state index contributed by atoms with van der Waals surface area (Å²) in [5, 5.41) is 0. The molecule has 15 heavy (non-hydrogen) atoms. The molecular formula is C11H11NO3. The molecule has 1 aliphatic carbocycles. The van der Waals surface area contributed by atoms with Crippen LogP contribution in [0.1, 0.15) is 19.8 Å². The number of carbonyl (C=O) groups excluding carboxylic acids is 2. The molecule has 1 atom stereocenters. The number of hydrogen-bond donors (Lipinski definition) is 0. The normalized spacial score (nSPS) is 24.2. The first-order valence-corrected chi connectivity index (χ1v) is 4.82. The minimum Gasteiger partial charge on any atom is -0.459 e. The Morgan fingerprint density at radius 3 is 3.13 bits per heavy atom. The molecule has 0 aromatic heterocycles. The van der Waals surface area contributed by atoms with Gasteiger partial charge in [0.25, 0.3) is 0 Å². The van der Waals surface area contributed by atoms with Crippen LogP contribution in [0.25, 0.3) is 0 Å². The fourth-order valence-electron chi connectivity index (χ4n) is 1.55. The van der Waals surface area contributed by atoms with Gasteiger partial charge in [-0.25, -0.2) is 4.99 Å². The van der Waals surface area contributed by atoms with Crippen LogP contribution in [0.15, 0.2) is 29.0 Å². The predicted molar refractivity (Wildman–Crippen MR) is 54.5 cm³/mol. The average molecular weight is 205 g/mol. The highest BCUT2D eigenvalue weighted by molar-refractivity contribution is 6.21. The van der Waals surface area contributed by atoms with E-state index in [9.17, 15) is 9.59 Å². The molecule has 0 bridgehead atoms. The molecule has 0 N–H and O–H groups in total. The molecule has 78 valence electrons. The van der Waals surface area contributed by atoms with Gasteiger partial charge in [0, 0.05) is 18.9 Å².